The number of hydrogen-bond donors (Lipinski definition) is 3. The Hall–Kier alpha value is -1.10. The molecule has 1 saturated carbocycles. The van der Waals surface area contributed by atoms with Crippen LogP contribution < -0.4 is 10.6 Å². The summed E-state index contributed by atoms with van der Waals surface area (Å²) in [5.74, 6) is -0.395. The molecular formula is C13H24N2O3. The van der Waals surface area contributed by atoms with Crippen LogP contribution in [0.3, 0.4) is 0 Å². The maximum atomic E-state index is 12.1. The Morgan fingerprint density at radius 2 is 1.83 bits per heavy atom. The van der Waals surface area contributed by atoms with Gasteiger partial charge in [0.15, 0.2) is 0 Å². The van der Waals surface area contributed by atoms with Gasteiger partial charge in [-0.05, 0) is 18.8 Å². The molecule has 18 heavy (non-hydrogen) atoms. The average Bonchev–Trinajstić information content (AvgIpc) is 2.28. The van der Waals surface area contributed by atoms with Crippen LogP contribution in [0.5, 0.6) is 0 Å². The van der Waals surface area contributed by atoms with Crippen LogP contribution in [0.15, 0.2) is 0 Å². The smallest absolute Gasteiger partial charge is 0.243 e. The molecule has 1 fully saturated rings. The van der Waals surface area contributed by atoms with Gasteiger partial charge in [-0.2, -0.15) is 0 Å². The van der Waals surface area contributed by atoms with E-state index in [9.17, 15) is 14.7 Å². The van der Waals surface area contributed by atoms with Gasteiger partial charge in [-0.25, -0.2) is 0 Å². The van der Waals surface area contributed by atoms with Crippen LogP contribution in [0.1, 0.15) is 46.5 Å². The van der Waals surface area contributed by atoms with Crippen molar-refractivity contribution in [1.82, 2.24) is 10.6 Å². The lowest BCUT2D eigenvalue weighted by Crippen LogP contribution is -2.54. The van der Waals surface area contributed by atoms with Crippen molar-refractivity contribution in [2.75, 3.05) is 0 Å². The number of carbonyl (C=O) groups excluding carboxylic acids is 2. The van der Waals surface area contributed by atoms with E-state index < -0.39 is 12.1 Å². The molecule has 0 saturated heterocycles. The highest BCUT2D eigenvalue weighted by atomic mass is 16.3. The Morgan fingerprint density at radius 3 is 2.33 bits per heavy atom. The maximum Gasteiger partial charge on any atom is 0.243 e. The molecule has 0 aromatic carbocycles. The van der Waals surface area contributed by atoms with Crippen molar-refractivity contribution in [1.29, 1.82) is 0 Å². The third-order valence-corrected chi connectivity index (χ3v) is 3.37. The summed E-state index contributed by atoms with van der Waals surface area (Å²) in [7, 11) is 0. The van der Waals surface area contributed by atoms with Gasteiger partial charge < -0.3 is 15.7 Å². The van der Waals surface area contributed by atoms with Gasteiger partial charge in [0.1, 0.15) is 6.04 Å². The van der Waals surface area contributed by atoms with E-state index in [0.29, 0.717) is 0 Å². The van der Waals surface area contributed by atoms with Crippen LogP contribution in [-0.2, 0) is 9.59 Å². The first-order chi connectivity index (χ1) is 8.41. The summed E-state index contributed by atoms with van der Waals surface area (Å²) in [5, 5.41) is 15.3. The normalized spacial score (nSPS) is 25.6. The van der Waals surface area contributed by atoms with Gasteiger partial charge in [-0.15, -0.1) is 0 Å². The monoisotopic (exact) mass is 256 g/mol. The van der Waals surface area contributed by atoms with E-state index in [1.807, 2.05) is 13.8 Å². The molecule has 1 aliphatic rings. The van der Waals surface area contributed by atoms with Crippen LogP contribution >= 0.6 is 0 Å². The summed E-state index contributed by atoms with van der Waals surface area (Å²) in [6, 6.07) is -0.710. The number of amides is 2. The van der Waals surface area contributed by atoms with Crippen molar-refractivity contribution >= 4 is 11.8 Å². The fourth-order valence-corrected chi connectivity index (χ4v) is 2.31. The molecule has 104 valence electrons. The lowest BCUT2D eigenvalue weighted by atomic mass is 9.92. The number of aliphatic hydroxyl groups excluding tert-OH is 1. The van der Waals surface area contributed by atoms with Gasteiger partial charge in [0.2, 0.25) is 11.8 Å². The second kappa shape index (κ2) is 6.73. The Kier molecular flexibility index (Phi) is 5.59. The van der Waals surface area contributed by atoms with Crippen molar-refractivity contribution in [3.05, 3.63) is 0 Å². The molecule has 0 radical (unpaired) electrons. The highest BCUT2D eigenvalue weighted by Gasteiger charge is 2.29. The fourth-order valence-electron chi connectivity index (χ4n) is 2.31. The van der Waals surface area contributed by atoms with Gasteiger partial charge in [-0.1, -0.05) is 26.7 Å². The molecule has 0 aliphatic heterocycles. The van der Waals surface area contributed by atoms with Crippen LogP contribution in [-0.4, -0.2) is 35.1 Å². The molecule has 3 atom stereocenters. The molecule has 3 N–H and O–H groups in total. The molecule has 1 aliphatic carbocycles. The Balaban J connectivity index is 2.57. The molecule has 5 nitrogen and oxygen atoms in total. The summed E-state index contributed by atoms with van der Waals surface area (Å²) >= 11 is 0. The molecule has 2 amide bonds. The van der Waals surface area contributed by atoms with Crippen molar-refractivity contribution in [2.45, 2.75) is 64.6 Å². The zero-order valence-corrected chi connectivity index (χ0v) is 11.4. The minimum Gasteiger partial charge on any atom is -0.391 e. The molecular weight excluding hydrogens is 232 g/mol. The number of aliphatic hydroxyl groups is 1. The van der Waals surface area contributed by atoms with Crippen LogP contribution in [0.25, 0.3) is 0 Å². The Morgan fingerprint density at radius 1 is 1.22 bits per heavy atom. The largest absolute Gasteiger partial charge is 0.391 e. The van der Waals surface area contributed by atoms with Crippen LogP contribution in [0, 0.1) is 5.92 Å². The molecule has 1 rings (SSSR count). The first-order valence-corrected chi connectivity index (χ1v) is 6.67. The zero-order valence-electron chi connectivity index (χ0n) is 11.4. The van der Waals surface area contributed by atoms with E-state index in [0.717, 1.165) is 25.7 Å². The van der Waals surface area contributed by atoms with Crippen LogP contribution in [0.2, 0.25) is 0 Å². The van der Waals surface area contributed by atoms with E-state index in [1.165, 1.54) is 6.92 Å². The predicted octanol–water partition coefficient (Wildman–Crippen LogP) is 0.567. The lowest BCUT2D eigenvalue weighted by Gasteiger charge is -2.30. The minimum atomic E-state index is -0.531. The molecule has 3 unspecified atom stereocenters. The quantitative estimate of drug-likeness (QED) is 0.688. The summed E-state index contributed by atoms with van der Waals surface area (Å²) in [6.07, 6.45) is 3.10. The molecule has 0 heterocycles. The van der Waals surface area contributed by atoms with Crippen molar-refractivity contribution < 1.29 is 14.7 Å². The van der Waals surface area contributed by atoms with E-state index in [4.69, 9.17) is 0 Å². The summed E-state index contributed by atoms with van der Waals surface area (Å²) < 4.78 is 0. The van der Waals surface area contributed by atoms with Crippen molar-refractivity contribution in [3.63, 3.8) is 0 Å². The molecule has 0 bridgehead atoms. The second-order valence-electron chi connectivity index (χ2n) is 5.39. The Labute approximate surface area is 108 Å². The van der Waals surface area contributed by atoms with E-state index >= 15 is 0 Å². The third-order valence-electron chi connectivity index (χ3n) is 3.37. The highest BCUT2D eigenvalue weighted by Crippen LogP contribution is 2.18. The third kappa shape index (κ3) is 4.29. The first-order valence-electron chi connectivity index (χ1n) is 6.67. The number of carbonyl (C=O) groups is 2. The van der Waals surface area contributed by atoms with E-state index in [-0.39, 0.29) is 23.8 Å². The first kappa shape index (κ1) is 15.0. The van der Waals surface area contributed by atoms with Gasteiger partial charge in [0.05, 0.1) is 12.1 Å². The summed E-state index contributed by atoms with van der Waals surface area (Å²) in [5.41, 5.74) is 0. The number of rotatable bonds is 4. The number of hydrogen-bond acceptors (Lipinski definition) is 3. The molecule has 0 spiro atoms. The minimum absolute atomic E-state index is 0.0228. The highest BCUT2D eigenvalue weighted by molar-refractivity contribution is 5.87. The number of nitrogens with one attached hydrogen (secondary N) is 2. The van der Waals surface area contributed by atoms with Gasteiger partial charge in [-0.3, -0.25) is 9.59 Å². The lowest BCUT2D eigenvalue weighted by molar-refractivity contribution is -0.130. The maximum absolute atomic E-state index is 12.1. The van der Waals surface area contributed by atoms with Gasteiger partial charge >= 0.3 is 0 Å². The molecule has 0 aromatic rings. The fraction of sp³-hybridized carbons (Fsp3) is 0.846. The standard InChI is InChI=1S/C13H24N2O3/c1-8(2)12(14-9(3)16)13(18)15-10-6-4-5-7-11(10)17/h8,10-12,17H,4-7H2,1-3H3,(H,14,16)(H,15,18). The zero-order chi connectivity index (χ0) is 13.7. The van der Waals surface area contributed by atoms with Gasteiger partial charge in [0.25, 0.3) is 0 Å². The van der Waals surface area contributed by atoms with Crippen molar-refractivity contribution in [2.24, 2.45) is 5.92 Å². The summed E-state index contributed by atoms with van der Waals surface area (Å²) in [6.45, 7) is 5.17. The van der Waals surface area contributed by atoms with Gasteiger partial charge in [0, 0.05) is 6.92 Å². The average molecular weight is 256 g/mol. The van der Waals surface area contributed by atoms with E-state index in [2.05, 4.69) is 10.6 Å². The van der Waals surface area contributed by atoms with E-state index in [1.54, 1.807) is 0 Å². The van der Waals surface area contributed by atoms with Crippen molar-refractivity contribution in [3.8, 4) is 0 Å². The SMILES string of the molecule is CC(=O)NC(C(=O)NC1CCCCC1O)C(C)C. The summed E-state index contributed by atoms with van der Waals surface area (Å²) in [4.78, 5) is 23.2. The predicted molar refractivity (Wildman–Crippen MR) is 68.8 cm³/mol. The molecule has 5 heteroatoms. The molecule has 0 aromatic heterocycles. The van der Waals surface area contributed by atoms with Crippen LogP contribution in [0.4, 0.5) is 0 Å². The topological polar surface area (TPSA) is 78.4 Å². The second-order valence-corrected chi connectivity index (χ2v) is 5.39. The Bertz CT molecular complexity index is 305.